The van der Waals surface area contributed by atoms with E-state index in [1.807, 2.05) is 18.2 Å². The van der Waals surface area contributed by atoms with E-state index in [0.29, 0.717) is 5.56 Å². The van der Waals surface area contributed by atoms with Gasteiger partial charge in [-0.25, -0.2) is 4.98 Å². The van der Waals surface area contributed by atoms with Gasteiger partial charge in [0.25, 0.3) is 0 Å². The SMILES string of the molecule is CCCN(CCC)c1nccc(Nc2cccc(C#N)c2)n1. The molecule has 0 saturated carbocycles. The van der Waals surface area contributed by atoms with Crippen molar-refractivity contribution < 1.29 is 0 Å². The maximum atomic E-state index is 8.95. The average molecular weight is 295 g/mol. The highest BCUT2D eigenvalue weighted by molar-refractivity contribution is 5.59. The van der Waals surface area contributed by atoms with Crippen LogP contribution in [0.2, 0.25) is 0 Å². The first kappa shape index (κ1) is 15.8. The highest BCUT2D eigenvalue weighted by Crippen LogP contribution is 2.18. The molecule has 1 N–H and O–H groups in total. The number of rotatable bonds is 7. The summed E-state index contributed by atoms with van der Waals surface area (Å²) in [6.45, 7) is 6.19. The van der Waals surface area contributed by atoms with Crippen molar-refractivity contribution in [3.05, 3.63) is 42.1 Å². The van der Waals surface area contributed by atoms with E-state index >= 15 is 0 Å². The minimum Gasteiger partial charge on any atom is -0.341 e. The lowest BCUT2D eigenvalue weighted by Crippen LogP contribution is -2.26. The molecule has 1 aromatic heterocycles. The molecule has 2 aromatic rings. The number of hydrogen-bond acceptors (Lipinski definition) is 5. The lowest BCUT2D eigenvalue weighted by Gasteiger charge is -2.21. The summed E-state index contributed by atoms with van der Waals surface area (Å²) in [6.07, 6.45) is 3.88. The fourth-order valence-corrected chi connectivity index (χ4v) is 2.24. The molecule has 0 radical (unpaired) electrons. The summed E-state index contributed by atoms with van der Waals surface area (Å²) in [5.74, 6) is 1.47. The summed E-state index contributed by atoms with van der Waals surface area (Å²) >= 11 is 0. The van der Waals surface area contributed by atoms with Gasteiger partial charge in [-0.15, -0.1) is 0 Å². The molecular weight excluding hydrogens is 274 g/mol. The van der Waals surface area contributed by atoms with E-state index in [1.54, 1.807) is 18.3 Å². The Labute approximate surface area is 131 Å². The molecule has 0 aliphatic rings. The molecule has 2 rings (SSSR count). The smallest absolute Gasteiger partial charge is 0.227 e. The number of nitrogens with zero attached hydrogens (tertiary/aromatic N) is 4. The van der Waals surface area contributed by atoms with Crippen molar-refractivity contribution in [1.29, 1.82) is 5.26 Å². The topological polar surface area (TPSA) is 64.8 Å². The second kappa shape index (κ2) is 7.99. The number of nitriles is 1. The number of hydrogen-bond donors (Lipinski definition) is 1. The predicted octanol–water partition coefficient (Wildman–Crippen LogP) is 3.72. The fourth-order valence-electron chi connectivity index (χ4n) is 2.24. The lowest BCUT2D eigenvalue weighted by atomic mass is 10.2. The van der Waals surface area contributed by atoms with Crippen molar-refractivity contribution >= 4 is 17.5 Å². The fraction of sp³-hybridized carbons (Fsp3) is 0.353. The second-order valence-corrected chi connectivity index (χ2v) is 5.05. The molecule has 114 valence electrons. The van der Waals surface area contributed by atoms with E-state index in [1.165, 1.54) is 0 Å². The normalized spacial score (nSPS) is 10.0. The monoisotopic (exact) mass is 295 g/mol. The molecule has 0 aliphatic carbocycles. The predicted molar refractivity (Wildman–Crippen MR) is 89.3 cm³/mol. The second-order valence-electron chi connectivity index (χ2n) is 5.05. The molecule has 0 amide bonds. The maximum absolute atomic E-state index is 8.95. The largest absolute Gasteiger partial charge is 0.341 e. The molecule has 0 fully saturated rings. The summed E-state index contributed by atoms with van der Waals surface area (Å²) in [5.41, 5.74) is 1.47. The Morgan fingerprint density at radius 3 is 2.64 bits per heavy atom. The minimum atomic E-state index is 0.623. The van der Waals surface area contributed by atoms with Crippen molar-refractivity contribution in [2.24, 2.45) is 0 Å². The van der Waals surface area contributed by atoms with Crippen LogP contribution in [0, 0.1) is 11.3 Å². The van der Waals surface area contributed by atoms with Crippen LogP contribution in [0.5, 0.6) is 0 Å². The molecule has 0 spiro atoms. The molecule has 0 aliphatic heterocycles. The van der Waals surface area contributed by atoms with E-state index in [4.69, 9.17) is 5.26 Å². The highest BCUT2D eigenvalue weighted by Gasteiger charge is 2.08. The zero-order valence-corrected chi connectivity index (χ0v) is 13.1. The first-order valence-electron chi connectivity index (χ1n) is 7.62. The van der Waals surface area contributed by atoms with E-state index < -0.39 is 0 Å². The summed E-state index contributed by atoms with van der Waals surface area (Å²) in [7, 11) is 0. The summed E-state index contributed by atoms with van der Waals surface area (Å²) in [6, 6.07) is 11.3. The average Bonchev–Trinajstić information content (AvgIpc) is 2.55. The van der Waals surface area contributed by atoms with Gasteiger partial charge >= 0.3 is 0 Å². The van der Waals surface area contributed by atoms with Crippen LogP contribution in [0.3, 0.4) is 0 Å². The molecule has 22 heavy (non-hydrogen) atoms. The lowest BCUT2D eigenvalue weighted by molar-refractivity contribution is 0.722. The van der Waals surface area contributed by atoms with Crippen LogP contribution < -0.4 is 10.2 Å². The molecular formula is C17H21N5. The zero-order chi connectivity index (χ0) is 15.8. The van der Waals surface area contributed by atoms with Gasteiger partial charge in [-0.1, -0.05) is 19.9 Å². The Kier molecular flexibility index (Phi) is 5.73. The quantitative estimate of drug-likeness (QED) is 0.843. The van der Waals surface area contributed by atoms with Gasteiger partial charge in [0.15, 0.2) is 0 Å². The first-order valence-corrected chi connectivity index (χ1v) is 7.62. The van der Waals surface area contributed by atoms with Crippen LogP contribution in [-0.4, -0.2) is 23.1 Å². The van der Waals surface area contributed by atoms with Crippen LogP contribution in [0.15, 0.2) is 36.5 Å². The Bertz CT molecular complexity index is 641. The third-order valence-electron chi connectivity index (χ3n) is 3.18. The molecule has 1 heterocycles. The van der Waals surface area contributed by atoms with Gasteiger partial charge in [0.05, 0.1) is 11.6 Å². The maximum Gasteiger partial charge on any atom is 0.227 e. The van der Waals surface area contributed by atoms with E-state index in [-0.39, 0.29) is 0 Å². The van der Waals surface area contributed by atoms with Crippen molar-refractivity contribution in [3.63, 3.8) is 0 Å². The van der Waals surface area contributed by atoms with Gasteiger partial charge in [-0.3, -0.25) is 0 Å². The van der Waals surface area contributed by atoms with Gasteiger partial charge in [-0.2, -0.15) is 10.2 Å². The molecule has 1 aromatic carbocycles. The molecule has 0 unspecified atom stereocenters. The molecule has 0 saturated heterocycles. The standard InChI is InChI=1S/C17H21N5/c1-3-10-22(11-4-2)17-19-9-8-16(21-17)20-15-7-5-6-14(12-15)13-18/h5-9,12H,3-4,10-11H2,1-2H3,(H,19,20,21). The van der Waals surface area contributed by atoms with Gasteiger partial charge < -0.3 is 10.2 Å². The van der Waals surface area contributed by atoms with Crippen molar-refractivity contribution in [3.8, 4) is 6.07 Å². The molecule has 5 heteroatoms. The van der Waals surface area contributed by atoms with Crippen LogP contribution in [0.1, 0.15) is 32.3 Å². The Balaban J connectivity index is 2.18. The third kappa shape index (κ3) is 4.19. The number of nitrogens with one attached hydrogen (secondary N) is 1. The van der Waals surface area contributed by atoms with Crippen molar-refractivity contribution in [2.75, 3.05) is 23.3 Å². The van der Waals surface area contributed by atoms with Crippen LogP contribution in [-0.2, 0) is 0 Å². The number of aromatic nitrogens is 2. The molecule has 0 atom stereocenters. The molecule has 5 nitrogen and oxygen atoms in total. The Hall–Kier alpha value is -2.61. The van der Waals surface area contributed by atoms with E-state index in [0.717, 1.165) is 43.4 Å². The minimum absolute atomic E-state index is 0.623. The first-order chi connectivity index (χ1) is 10.8. The number of anilines is 3. The van der Waals surface area contributed by atoms with Gasteiger partial charge in [0.1, 0.15) is 5.82 Å². The van der Waals surface area contributed by atoms with Gasteiger partial charge in [0, 0.05) is 25.0 Å². The summed E-state index contributed by atoms with van der Waals surface area (Å²) in [5, 5.41) is 12.2. The summed E-state index contributed by atoms with van der Waals surface area (Å²) < 4.78 is 0. The molecule has 0 bridgehead atoms. The zero-order valence-electron chi connectivity index (χ0n) is 13.1. The van der Waals surface area contributed by atoms with Crippen LogP contribution in [0.25, 0.3) is 0 Å². The number of benzene rings is 1. The van der Waals surface area contributed by atoms with Gasteiger partial charge in [-0.05, 0) is 37.1 Å². The van der Waals surface area contributed by atoms with Crippen LogP contribution >= 0.6 is 0 Å². The highest BCUT2D eigenvalue weighted by atomic mass is 15.3. The van der Waals surface area contributed by atoms with Crippen molar-refractivity contribution in [1.82, 2.24) is 9.97 Å². The summed E-state index contributed by atoms with van der Waals surface area (Å²) in [4.78, 5) is 11.1. The Morgan fingerprint density at radius 2 is 1.95 bits per heavy atom. The van der Waals surface area contributed by atoms with Crippen LogP contribution in [0.4, 0.5) is 17.5 Å². The van der Waals surface area contributed by atoms with E-state index in [2.05, 4.69) is 40.1 Å². The van der Waals surface area contributed by atoms with Gasteiger partial charge in [0.2, 0.25) is 5.95 Å². The Morgan fingerprint density at radius 1 is 1.18 bits per heavy atom. The third-order valence-corrected chi connectivity index (χ3v) is 3.18. The van der Waals surface area contributed by atoms with E-state index in [9.17, 15) is 0 Å². The van der Waals surface area contributed by atoms with Crippen molar-refractivity contribution in [2.45, 2.75) is 26.7 Å².